The lowest BCUT2D eigenvalue weighted by molar-refractivity contribution is -0.157. The van der Waals surface area contributed by atoms with Crippen LogP contribution in [0.25, 0.3) is 0 Å². The van der Waals surface area contributed by atoms with Crippen LogP contribution >= 0.6 is 11.6 Å². The number of para-hydroxylation sites is 1. The van der Waals surface area contributed by atoms with Gasteiger partial charge in [0.1, 0.15) is 11.9 Å². The van der Waals surface area contributed by atoms with Crippen LogP contribution in [0.15, 0.2) is 48.5 Å². The molecule has 3 N–H and O–H groups in total. The van der Waals surface area contributed by atoms with Crippen molar-refractivity contribution in [1.82, 2.24) is 5.32 Å². The van der Waals surface area contributed by atoms with E-state index in [1.165, 1.54) is 12.1 Å². The molecule has 136 valence electrons. The smallest absolute Gasteiger partial charge is 0.271 e. The highest BCUT2D eigenvalue weighted by molar-refractivity contribution is 6.30. The molecule has 8 heteroatoms. The molecule has 0 bridgehead atoms. The zero-order valence-corrected chi connectivity index (χ0v) is 14.3. The second-order valence-electron chi connectivity index (χ2n) is 5.99. The second kappa shape index (κ2) is 7.03. The molecule has 0 spiro atoms. The highest BCUT2D eigenvalue weighted by Crippen LogP contribution is 2.29. The third-order valence-electron chi connectivity index (χ3n) is 4.20. The van der Waals surface area contributed by atoms with E-state index in [1.807, 2.05) is 0 Å². The molecule has 0 unspecified atom stereocenters. The number of carbonyl (C=O) groups is 2. The topological polar surface area (TPSA) is 89.9 Å². The Kier molecular flexibility index (Phi) is 4.95. The molecule has 0 aliphatic carbocycles. The van der Waals surface area contributed by atoms with Crippen molar-refractivity contribution < 1.29 is 24.2 Å². The molecule has 2 aromatic rings. The number of rotatable bonds is 4. The summed E-state index contributed by atoms with van der Waals surface area (Å²) < 4.78 is 13.3. The SMILES string of the molecule is O=C(NCc1cc(F)cc(Cl)c1)[C@]1(O)C(=O)N(c2ccccc2)C[C@H]1O. The Morgan fingerprint density at radius 1 is 1.31 bits per heavy atom. The highest BCUT2D eigenvalue weighted by Gasteiger charge is 2.58. The van der Waals surface area contributed by atoms with Gasteiger partial charge in [-0.1, -0.05) is 29.8 Å². The number of carbonyl (C=O) groups excluding carboxylic acids is 2. The number of nitrogens with one attached hydrogen (secondary N) is 1. The first-order chi connectivity index (χ1) is 12.3. The van der Waals surface area contributed by atoms with Gasteiger partial charge in [0, 0.05) is 17.3 Å². The number of anilines is 1. The van der Waals surface area contributed by atoms with Crippen LogP contribution < -0.4 is 10.2 Å². The number of halogens is 2. The molecule has 3 rings (SSSR count). The molecule has 0 aromatic heterocycles. The van der Waals surface area contributed by atoms with E-state index in [-0.39, 0.29) is 18.1 Å². The Labute approximate surface area is 153 Å². The fourth-order valence-electron chi connectivity index (χ4n) is 2.85. The molecule has 1 aliphatic heterocycles. The van der Waals surface area contributed by atoms with E-state index in [0.29, 0.717) is 11.3 Å². The van der Waals surface area contributed by atoms with Crippen LogP contribution in [0.3, 0.4) is 0 Å². The molecule has 2 atom stereocenters. The van der Waals surface area contributed by atoms with Crippen molar-refractivity contribution in [1.29, 1.82) is 0 Å². The van der Waals surface area contributed by atoms with Crippen LogP contribution in [0.5, 0.6) is 0 Å². The summed E-state index contributed by atoms with van der Waals surface area (Å²) in [4.78, 5) is 26.1. The summed E-state index contributed by atoms with van der Waals surface area (Å²) in [5.74, 6) is -2.56. The van der Waals surface area contributed by atoms with E-state index in [2.05, 4.69) is 5.32 Å². The van der Waals surface area contributed by atoms with Gasteiger partial charge in [0.05, 0.1) is 6.54 Å². The maximum absolute atomic E-state index is 13.3. The largest absolute Gasteiger partial charge is 0.387 e. The fraction of sp³-hybridized carbons (Fsp3) is 0.222. The first-order valence-corrected chi connectivity index (χ1v) is 8.21. The zero-order valence-electron chi connectivity index (χ0n) is 13.5. The standard InChI is InChI=1S/C18H16ClFN2O4/c19-12-6-11(7-13(20)8-12)9-21-16(24)18(26)15(23)10-22(17(18)25)14-4-2-1-3-5-14/h1-8,15,23,26H,9-10H2,(H,21,24)/t15-,18+/m1/s1. The average molecular weight is 379 g/mol. The Bertz CT molecular complexity index is 828. The maximum Gasteiger partial charge on any atom is 0.271 e. The normalized spacial score (nSPS) is 22.5. The van der Waals surface area contributed by atoms with Crippen LogP contribution in [0, 0.1) is 5.82 Å². The lowest BCUT2D eigenvalue weighted by Gasteiger charge is -2.23. The van der Waals surface area contributed by atoms with Crippen molar-refractivity contribution in [3.05, 3.63) is 64.9 Å². The Morgan fingerprint density at radius 2 is 2.00 bits per heavy atom. The molecule has 26 heavy (non-hydrogen) atoms. The second-order valence-corrected chi connectivity index (χ2v) is 6.43. The molecular weight excluding hydrogens is 363 g/mol. The van der Waals surface area contributed by atoms with Gasteiger partial charge in [-0.2, -0.15) is 0 Å². The van der Waals surface area contributed by atoms with E-state index in [4.69, 9.17) is 11.6 Å². The van der Waals surface area contributed by atoms with Crippen LogP contribution in [-0.4, -0.2) is 40.3 Å². The van der Waals surface area contributed by atoms with E-state index in [9.17, 15) is 24.2 Å². The van der Waals surface area contributed by atoms with Gasteiger partial charge in [-0.15, -0.1) is 0 Å². The highest BCUT2D eigenvalue weighted by atomic mass is 35.5. The van der Waals surface area contributed by atoms with E-state index in [0.717, 1.165) is 11.0 Å². The van der Waals surface area contributed by atoms with E-state index < -0.39 is 29.3 Å². The zero-order chi connectivity index (χ0) is 18.9. The lowest BCUT2D eigenvalue weighted by atomic mass is 9.98. The number of aliphatic hydroxyl groups is 2. The predicted molar refractivity (Wildman–Crippen MR) is 93.0 cm³/mol. The third kappa shape index (κ3) is 3.29. The summed E-state index contributed by atoms with van der Waals surface area (Å²) in [5.41, 5.74) is -1.81. The monoisotopic (exact) mass is 378 g/mol. The summed E-state index contributed by atoms with van der Waals surface area (Å²) in [6, 6.07) is 12.1. The van der Waals surface area contributed by atoms with Gasteiger partial charge in [-0.05, 0) is 35.9 Å². The van der Waals surface area contributed by atoms with Gasteiger partial charge in [-0.25, -0.2) is 4.39 Å². The predicted octanol–water partition coefficient (Wildman–Crippen LogP) is 1.23. The maximum atomic E-state index is 13.3. The third-order valence-corrected chi connectivity index (χ3v) is 4.42. The molecule has 6 nitrogen and oxygen atoms in total. The van der Waals surface area contributed by atoms with E-state index >= 15 is 0 Å². The van der Waals surface area contributed by atoms with Gasteiger partial charge in [-0.3, -0.25) is 9.59 Å². The molecular formula is C18H16ClFN2O4. The minimum absolute atomic E-state index is 0.153. The molecule has 1 fully saturated rings. The summed E-state index contributed by atoms with van der Waals surface area (Å²) in [7, 11) is 0. The average Bonchev–Trinajstić information content (AvgIpc) is 2.85. The van der Waals surface area contributed by atoms with Crippen molar-refractivity contribution in [2.75, 3.05) is 11.4 Å². The number of nitrogens with zero attached hydrogens (tertiary/aromatic N) is 1. The molecule has 1 saturated heterocycles. The van der Waals surface area contributed by atoms with Gasteiger partial charge in [0.25, 0.3) is 11.8 Å². The summed E-state index contributed by atoms with van der Waals surface area (Å²) >= 11 is 5.75. The lowest BCUT2D eigenvalue weighted by Crippen LogP contribution is -2.57. The van der Waals surface area contributed by atoms with Gasteiger partial charge < -0.3 is 20.4 Å². The van der Waals surface area contributed by atoms with Crippen molar-refractivity contribution in [3.63, 3.8) is 0 Å². The van der Waals surface area contributed by atoms with Crippen molar-refractivity contribution in [2.45, 2.75) is 18.2 Å². The number of amides is 2. The van der Waals surface area contributed by atoms with Crippen molar-refractivity contribution in [3.8, 4) is 0 Å². The molecule has 1 heterocycles. The number of hydrogen-bond acceptors (Lipinski definition) is 4. The molecule has 1 aliphatic rings. The molecule has 0 radical (unpaired) electrons. The molecule has 0 saturated carbocycles. The Balaban J connectivity index is 1.76. The molecule has 2 aromatic carbocycles. The molecule has 2 amide bonds. The van der Waals surface area contributed by atoms with Crippen LogP contribution in [0.2, 0.25) is 5.02 Å². The quantitative estimate of drug-likeness (QED) is 0.698. The van der Waals surface area contributed by atoms with Crippen molar-refractivity contribution in [2.24, 2.45) is 0 Å². The first-order valence-electron chi connectivity index (χ1n) is 7.83. The fourth-order valence-corrected chi connectivity index (χ4v) is 3.09. The number of β-amino-alcohol motifs (C(OH)–C–C–N with tert-alkyl or cyclic N) is 1. The van der Waals surface area contributed by atoms with Gasteiger partial charge >= 0.3 is 0 Å². The van der Waals surface area contributed by atoms with Crippen molar-refractivity contribution >= 4 is 29.1 Å². The number of aliphatic hydroxyl groups excluding tert-OH is 1. The minimum atomic E-state index is -2.62. The number of hydrogen-bond donors (Lipinski definition) is 3. The Hall–Kier alpha value is -2.48. The van der Waals surface area contributed by atoms with Gasteiger partial charge in [0.2, 0.25) is 5.60 Å². The Morgan fingerprint density at radius 3 is 2.65 bits per heavy atom. The number of benzene rings is 2. The first kappa shape index (κ1) is 18.3. The van der Waals surface area contributed by atoms with Crippen LogP contribution in [-0.2, 0) is 16.1 Å². The summed E-state index contributed by atoms with van der Waals surface area (Å²) in [6.07, 6.45) is -1.61. The minimum Gasteiger partial charge on any atom is -0.387 e. The van der Waals surface area contributed by atoms with Gasteiger partial charge in [0.15, 0.2) is 0 Å². The van der Waals surface area contributed by atoms with Crippen LogP contribution in [0.1, 0.15) is 5.56 Å². The summed E-state index contributed by atoms with van der Waals surface area (Å²) in [6.45, 7) is -0.386. The summed E-state index contributed by atoms with van der Waals surface area (Å²) in [5, 5.41) is 23.2. The van der Waals surface area contributed by atoms with Crippen LogP contribution in [0.4, 0.5) is 10.1 Å². The van der Waals surface area contributed by atoms with E-state index in [1.54, 1.807) is 30.3 Å².